The number of aliphatic carboxylic acids is 1. The van der Waals surface area contributed by atoms with Crippen LogP contribution >= 0.6 is 22.9 Å². The minimum Gasteiger partial charge on any atom is -0.494 e. The molecule has 128 valence electrons. The molecule has 4 nitrogen and oxygen atoms in total. The number of ether oxygens (including phenoxy) is 1. The summed E-state index contributed by atoms with van der Waals surface area (Å²) in [5, 5.41) is 9.58. The van der Waals surface area contributed by atoms with Crippen molar-refractivity contribution in [3.05, 3.63) is 51.2 Å². The number of hydrogen-bond donors (Lipinski definition) is 1. The standard InChI is InChI=1S/C18H20ClNO3S/c1-2-23-13-6-3-5-12(11-13)17(15-8-9-16(19)24-15)20-10-4-7-14(20)18(21)22/h3,5-6,8-9,11,14,17H,2,4,7,10H2,1H3,(H,21,22). The molecule has 6 heteroatoms. The number of carbonyl (C=O) groups is 1. The molecule has 0 spiro atoms. The summed E-state index contributed by atoms with van der Waals surface area (Å²) in [6, 6.07) is 11.2. The lowest BCUT2D eigenvalue weighted by molar-refractivity contribution is -0.142. The summed E-state index contributed by atoms with van der Waals surface area (Å²) in [5.41, 5.74) is 1.03. The fraction of sp³-hybridized carbons (Fsp3) is 0.389. The molecule has 0 bridgehead atoms. The van der Waals surface area contributed by atoms with Gasteiger partial charge < -0.3 is 9.84 Å². The summed E-state index contributed by atoms with van der Waals surface area (Å²) in [7, 11) is 0. The lowest BCUT2D eigenvalue weighted by Gasteiger charge is -2.31. The van der Waals surface area contributed by atoms with Crippen LogP contribution < -0.4 is 4.74 Å². The highest BCUT2D eigenvalue weighted by Crippen LogP contribution is 2.39. The van der Waals surface area contributed by atoms with Crippen molar-refractivity contribution in [3.63, 3.8) is 0 Å². The van der Waals surface area contributed by atoms with Gasteiger partial charge in [0.25, 0.3) is 0 Å². The molecular weight excluding hydrogens is 346 g/mol. The second-order valence-electron chi connectivity index (χ2n) is 5.78. The van der Waals surface area contributed by atoms with Crippen LogP contribution in [-0.2, 0) is 4.79 Å². The third-order valence-corrected chi connectivity index (χ3v) is 5.54. The number of carboxylic acid groups (broad SMARTS) is 1. The number of benzene rings is 1. The topological polar surface area (TPSA) is 49.8 Å². The molecule has 0 saturated carbocycles. The minimum atomic E-state index is -0.763. The van der Waals surface area contributed by atoms with E-state index in [0.29, 0.717) is 17.4 Å². The first-order valence-corrected chi connectivity index (χ1v) is 9.26. The van der Waals surface area contributed by atoms with Crippen molar-refractivity contribution < 1.29 is 14.6 Å². The first-order valence-electron chi connectivity index (χ1n) is 8.06. The first kappa shape index (κ1) is 17.3. The van der Waals surface area contributed by atoms with Gasteiger partial charge in [-0.3, -0.25) is 9.69 Å². The summed E-state index contributed by atoms with van der Waals surface area (Å²) in [4.78, 5) is 14.8. The van der Waals surface area contributed by atoms with E-state index >= 15 is 0 Å². The number of halogens is 1. The SMILES string of the molecule is CCOc1cccc(C(c2ccc(Cl)s2)N2CCCC2C(=O)O)c1. The molecule has 1 N–H and O–H groups in total. The van der Waals surface area contributed by atoms with Crippen molar-refractivity contribution in [1.29, 1.82) is 0 Å². The quantitative estimate of drug-likeness (QED) is 0.822. The van der Waals surface area contributed by atoms with Crippen LogP contribution in [0.15, 0.2) is 36.4 Å². The molecule has 0 amide bonds. The normalized spacial score (nSPS) is 19.3. The Morgan fingerprint density at radius 3 is 2.96 bits per heavy atom. The number of likely N-dealkylation sites (tertiary alicyclic amines) is 1. The Balaban J connectivity index is 2.02. The summed E-state index contributed by atoms with van der Waals surface area (Å²) in [5.74, 6) is 0.0369. The average molecular weight is 366 g/mol. The number of hydrogen-bond acceptors (Lipinski definition) is 4. The van der Waals surface area contributed by atoms with Crippen LogP contribution in [0.1, 0.15) is 36.2 Å². The molecule has 1 aliphatic rings. The van der Waals surface area contributed by atoms with Gasteiger partial charge in [0.2, 0.25) is 0 Å². The van der Waals surface area contributed by atoms with Crippen LogP contribution in [0.2, 0.25) is 4.34 Å². The lowest BCUT2D eigenvalue weighted by Crippen LogP contribution is -2.39. The Labute approximate surface area is 150 Å². The van der Waals surface area contributed by atoms with Crippen molar-refractivity contribution in [2.45, 2.75) is 31.8 Å². The van der Waals surface area contributed by atoms with Crippen molar-refractivity contribution in [2.24, 2.45) is 0 Å². The second-order valence-corrected chi connectivity index (χ2v) is 7.53. The van der Waals surface area contributed by atoms with Crippen LogP contribution in [0.25, 0.3) is 0 Å². The zero-order chi connectivity index (χ0) is 17.1. The molecule has 3 rings (SSSR count). The Bertz CT molecular complexity index is 718. The molecule has 0 aliphatic carbocycles. The van der Waals surface area contributed by atoms with Crippen LogP contribution in [0.5, 0.6) is 5.75 Å². The average Bonchev–Trinajstić information content (AvgIpc) is 3.18. The molecule has 2 atom stereocenters. The zero-order valence-corrected chi connectivity index (χ0v) is 15.0. The van der Waals surface area contributed by atoms with Gasteiger partial charge in [0.1, 0.15) is 11.8 Å². The molecule has 2 aromatic rings. The summed E-state index contributed by atoms with van der Waals surface area (Å²) < 4.78 is 6.33. The Morgan fingerprint density at radius 1 is 1.46 bits per heavy atom. The van der Waals surface area contributed by atoms with Gasteiger partial charge in [-0.15, -0.1) is 11.3 Å². The van der Waals surface area contributed by atoms with Gasteiger partial charge in [0.15, 0.2) is 0 Å². The number of nitrogens with zero attached hydrogens (tertiary/aromatic N) is 1. The van der Waals surface area contributed by atoms with E-state index in [-0.39, 0.29) is 6.04 Å². The molecule has 24 heavy (non-hydrogen) atoms. The van der Waals surface area contributed by atoms with E-state index in [0.717, 1.165) is 29.2 Å². The maximum atomic E-state index is 11.7. The van der Waals surface area contributed by atoms with Crippen molar-refractivity contribution >= 4 is 28.9 Å². The summed E-state index contributed by atoms with van der Waals surface area (Å²) in [6.45, 7) is 3.31. The van der Waals surface area contributed by atoms with Crippen molar-refractivity contribution in [1.82, 2.24) is 4.90 Å². The third-order valence-electron chi connectivity index (χ3n) is 4.26. The highest BCUT2D eigenvalue weighted by molar-refractivity contribution is 7.16. The Hall–Kier alpha value is -1.56. The number of thiophene rings is 1. The third kappa shape index (κ3) is 3.58. The predicted molar refractivity (Wildman–Crippen MR) is 96.1 cm³/mol. The Morgan fingerprint density at radius 2 is 2.29 bits per heavy atom. The van der Waals surface area contributed by atoms with Crippen LogP contribution in [0.3, 0.4) is 0 Å². The highest BCUT2D eigenvalue weighted by atomic mass is 35.5. The maximum absolute atomic E-state index is 11.7. The maximum Gasteiger partial charge on any atom is 0.320 e. The van der Waals surface area contributed by atoms with E-state index in [9.17, 15) is 9.90 Å². The molecule has 1 aromatic heterocycles. The van der Waals surface area contributed by atoms with Gasteiger partial charge in [-0.2, -0.15) is 0 Å². The van der Waals surface area contributed by atoms with Crippen LogP contribution in [0, 0.1) is 0 Å². The fourth-order valence-electron chi connectivity index (χ4n) is 3.30. The molecular formula is C18H20ClNO3S. The second kappa shape index (κ2) is 7.55. The fourth-order valence-corrected chi connectivity index (χ4v) is 4.51. The van der Waals surface area contributed by atoms with Gasteiger partial charge in [-0.05, 0) is 49.6 Å². The monoisotopic (exact) mass is 365 g/mol. The van der Waals surface area contributed by atoms with E-state index in [1.807, 2.05) is 43.3 Å². The van der Waals surface area contributed by atoms with Crippen LogP contribution in [0.4, 0.5) is 0 Å². The van der Waals surface area contributed by atoms with Crippen molar-refractivity contribution in [3.8, 4) is 5.75 Å². The zero-order valence-electron chi connectivity index (χ0n) is 13.4. The largest absolute Gasteiger partial charge is 0.494 e. The van der Waals surface area contributed by atoms with Gasteiger partial charge >= 0.3 is 5.97 Å². The number of carboxylic acids is 1. The van der Waals surface area contributed by atoms with E-state index in [1.54, 1.807) is 0 Å². The van der Waals surface area contributed by atoms with Crippen molar-refractivity contribution in [2.75, 3.05) is 13.2 Å². The first-order chi connectivity index (χ1) is 11.6. The molecule has 1 aliphatic heterocycles. The predicted octanol–water partition coefficient (Wildman–Crippen LogP) is 4.44. The summed E-state index contributed by atoms with van der Waals surface area (Å²) in [6.07, 6.45) is 1.56. The minimum absolute atomic E-state index is 0.119. The molecule has 1 saturated heterocycles. The number of rotatable bonds is 6. The van der Waals surface area contributed by atoms with Gasteiger partial charge in [0, 0.05) is 11.4 Å². The van der Waals surface area contributed by atoms with E-state index in [2.05, 4.69) is 4.90 Å². The smallest absolute Gasteiger partial charge is 0.320 e. The van der Waals surface area contributed by atoms with E-state index in [1.165, 1.54) is 11.3 Å². The molecule has 2 unspecified atom stereocenters. The van der Waals surface area contributed by atoms with E-state index in [4.69, 9.17) is 16.3 Å². The van der Waals surface area contributed by atoms with E-state index < -0.39 is 12.0 Å². The molecule has 2 heterocycles. The highest BCUT2D eigenvalue weighted by Gasteiger charge is 2.37. The van der Waals surface area contributed by atoms with Gasteiger partial charge in [-0.25, -0.2) is 0 Å². The molecule has 1 fully saturated rings. The van der Waals surface area contributed by atoms with Gasteiger partial charge in [-0.1, -0.05) is 23.7 Å². The molecule has 1 aromatic carbocycles. The van der Waals surface area contributed by atoms with Gasteiger partial charge in [0.05, 0.1) is 17.0 Å². The van der Waals surface area contributed by atoms with Crippen LogP contribution in [-0.4, -0.2) is 35.2 Å². The Kier molecular flexibility index (Phi) is 5.43. The summed E-state index contributed by atoms with van der Waals surface area (Å²) >= 11 is 7.64. The molecule has 0 radical (unpaired) electrons. The lowest BCUT2D eigenvalue weighted by atomic mass is 10.0.